The van der Waals surface area contributed by atoms with Crippen LogP contribution in [0.3, 0.4) is 0 Å². The van der Waals surface area contributed by atoms with Gasteiger partial charge in [-0.2, -0.15) is 0 Å². The molecular formula is C11H21NO4. The number of aliphatic hydroxyl groups is 3. The lowest BCUT2D eigenvalue weighted by atomic mass is 9.99. The maximum Gasteiger partial charge on any atom is 0.220 e. The van der Waals surface area contributed by atoms with Crippen LogP contribution in [0.2, 0.25) is 0 Å². The molecule has 1 aliphatic rings. The highest BCUT2D eigenvalue weighted by Gasteiger charge is 2.48. The standard InChI is InChI=1S/C11H21NO4/c1-6(2)4-8-10(15)11(16)9(5-13)12(8)7(3)14/h6,8-11,13,15-16H,4-5H2,1-3H3. The van der Waals surface area contributed by atoms with Gasteiger partial charge in [0.25, 0.3) is 0 Å². The first-order valence-corrected chi connectivity index (χ1v) is 5.66. The van der Waals surface area contributed by atoms with Crippen LogP contribution < -0.4 is 0 Å². The molecule has 1 rings (SSSR count). The van der Waals surface area contributed by atoms with E-state index in [2.05, 4.69) is 0 Å². The molecule has 4 atom stereocenters. The molecular weight excluding hydrogens is 210 g/mol. The van der Waals surface area contributed by atoms with E-state index in [0.29, 0.717) is 12.3 Å². The first-order chi connectivity index (χ1) is 7.40. The van der Waals surface area contributed by atoms with Crippen molar-refractivity contribution in [1.29, 1.82) is 0 Å². The smallest absolute Gasteiger partial charge is 0.220 e. The number of hydrogen-bond acceptors (Lipinski definition) is 4. The molecule has 5 nitrogen and oxygen atoms in total. The summed E-state index contributed by atoms with van der Waals surface area (Å²) in [6.07, 6.45) is -1.41. The summed E-state index contributed by atoms with van der Waals surface area (Å²) in [4.78, 5) is 12.9. The second-order valence-corrected chi connectivity index (χ2v) is 4.85. The van der Waals surface area contributed by atoms with E-state index >= 15 is 0 Å². The third kappa shape index (κ3) is 2.36. The van der Waals surface area contributed by atoms with Gasteiger partial charge in [0, 0.05) is 6.92 Å². The minimum absolute atomic E-state index is 0.222. The molecule has 1 amide bonds. The maximum absolute atomic E-state index is 11.5. The van der Waals surface area contributed by atoms with Crippen LogP contribution in [-0.2, 0) is 4.79 Å². The molecule has 0 aliphatic carbocycles. The molecule has 5 heteroatoms. The summed E-state index contributed by atoms with van der Waals surface area (Å²) in [5, 5.41) is 28.8. The predicted octanol–water partition coefficient (Wildman–Crippen LogP) is -0.654. The Bertz CT molecular complexity index is 256. The Hall–Kier alpha value is -0.650. The highest BCUT2D eigenvalue weighted by atomic mass is 16.3. The number of likely N-dealkylation sites (tertiary alicyclic amines) is 1. The van der Waals surface area contributed by atoms with E-state index in [1.807, 2.05) is 13.8 Å². The summed E-state index contributed by atoms with van der Waals surface area (Å²) in [6, 6.07) is -1.08. The summed E-state index contributed by atoms with van der Waals surface area (Å²) < 4.78 is 0. The van der Waals surface area contributed by atoms with E-state index in [0.717, 1.165) is 0 Å². The van der Waals surface area contributed by atoms with Crippen LogP contribution in [0.4, 0.5) is 0 Å². The van der Waals surface area contributed by atoms with Crippen molar-refractivity contribution >= 4 is 5.91 Å². The molecule has 3 N–H and O–H groups in total. The molecule has 0 saturated carbocycles. The van der Waals surface area contributed by atoms with E-state index in [4.69, 9.17) is 5.11 Å². The lowest BCUT2D eigenvalue weighted by Crippen LogP contribution is -2.44. The number of rotatable bonds is 3. The zero-order chi connectivity index (χ0) is 12.5. The molecule has 1 saturated heterocycles. The lowest BCUT2D eigenvalue weighted by molar-refractivity contribution is -0.134. The van der Waals surface area contributed by atoms with Crippen LogP contribution in [0.1, 0.15) is 27.2 Å². The topological polar surface area (TPSA) is 81.0 Å². The average molecular weight is 231 g/mol. The third-order valence-corrected chi connectivity index (χ3v) is 3.12. The fraction of sp³-hybridized carbons (Fsp3) is 0.909. The summed E-state index contributed by atoms with van der Waals surface area (Å²) >= 11 is 0. The zero-order valence-electron chi connectivity index (χ0n) is 10.00. The van der Waals surface area contributed by atoms with Crippen LogP contribution in [0, 0.1) is 5.92 Å². The second kappa shape index (κ2) is 5.12. The number of carbonyl (C=O) groups is 1. The minimum Gasteiger partial charge on any atom is -0.394 e. The minimum atomic E-state index is -1.06. The van der Waals surface area contributed by atoms with Gasteiger partial charge in [-0.3, -0.25) is 4.79 Å². The summed E-state index contributed by atoms with van der Waals surface area (Å²) in [5.41, 5.74) is 0. The highest BCUT2D eigenvalue weighted by molar-refractivity contribution is 5.74. The number of carbonyl (C=O) groups excluding carboxylic acids is 1. The van der Waals surface area contributed by atoms with E-state index in [9.17, 15) is 15.0 Å². The number of amides is 1. The van der Waals surface area contributed by atoms with Gasteiger partial charge in [-0.15, -0.1) is 0 Å². The number of aliphatic hydroxyl groups excluding tert-OH is 3. The van der Waals surface area contributed by atoms with Gasteiger partial charge in [-0.25, -0.2) is 0 Å². The Labute approximate surface area is 95.7 Å². The van der Waals surface area contributed by atoms with Crippen molar-refractivity contribution in [3.8, 4) is 0 Å². The van der Waals surface area contributed by atoms with Crippen LogP contribution in [0.5, 0.6) is 0 Å². The fourth-order valence-electron chi connectivity index (χ4n) is 2.43. The number of hydrogen-bond donors (Lipinski definition) is 3. The SMILES string of the molecule is CC(=O)N1C(CO)C(O)C(O)C1CC(C)C. The van der Waals surface area contributed by atoms with Gasteiger partial charge in [0.05, 0.1) is 18.7 Å². The van der Waals surface area contributed by atoms with Crippen molar-refractivity contribution in [1.82, 2.24) is 4.90 Å². The molecule has 1 aliphatic heterocycles. The molecule has 0 aromatic carbocycles. The predicted molar refractivity (Wildman–Crippen MR) is 58.7 cm³/mol. The molecule has 0 aromatic heterocycles. The Kier molecular flexibility index (Phi) is 4.29. The van der Waals surface area contributed by atoms with Crippen molar-refractivity contribution < 1.29 is 20.1 Å². The van der Waals surface area contributed by atoms with Crippen LogP contribution >= 0.6 is 0 Å². The van der Waals surface area contributed by atoms with E-state index in [1.54, 1.807) is 0 Å². The molecule has 16 heavy (non-hydrogen) atoms. The van der Waals surface area contributed by atoms with Gasteiger partial charge in [0.1, 0.15) is 12.2 Å². The van der Waals surface area contributed by atoms with Gasteiger partial charge in [0.2, 0.25) is 5.91 Å². The molecule has 1 heterocycles. The van der Waals surface area contributed by atoms with Crippen molar-refractivity contribution in [2.75, 3.05) is 6.61 Å². The van der Waals surface area contributed by atoms with Gasteiger partial charge in [0.15, 0.2) is 0 Å². The van der Waals surface area contributed by atoms with E-state index < -0.39 is 24.3 Å². The van der Waals surface area contributed by atoms with Crippen molar-refractivity contribution in [2.45, 2.75) is 51.5 Å². The fourth-order valence-corrected chi connectivity index (χ4v) is 2.43. The molecule has 4 unspecified atom stereocenters. The Balaban J connectivity index is 2.91. The molecule has 1 fully saturated rings. The van der Waals surface area contributed by atoms with E-state index in [-0.39, 0.29) is 12.5 Å². The molecule has 0 radical (unpaired) electrons. The Morgan fingerprint density at radius 2 is 1.75 bits per heavy atom. The molecule has 0 aromatic rings. The molecule has 0 bridgehead atoms. The van der Waals surface area contributed by atoms with Crippen LogP contribution in [0.15, 0.2) is 0 Å². The van der Waals surface area contributed by atoms with Gasteiger partial charge in [-0.1, -0.05) is 13.8 Å². The monoisotopic (exact) mass is 231 g/mol. The van der Waals surface area contributed by atoms with Crippen molar-refractivity contribution in [3.05, 3.63) is 0 Å². The maximum atomic E-state index is 11.5. The quantitative estimate of drug-likeness (QED) is 0.602. The van der Waals surface area contributed by atoms with Gasteiger partial charge in [-0.05, 0) is 12.3 Å². The van der Waals surface area contributed by atoms with E-state index in [1.165, 1.54) is 11.8 Å². The second-order valence-electron chi connectivity index (χ2n) is 4.85. The van der Waals surface area contributed by atoms with Gasteiger partial charge >= 0.3 is 0 Å². The third-order valence-electron chi connectivity index (χ3n) is 3.12. The van der Waals surface area contributed by atoms with Crippen molar-refractivity contribution in [3.63, 3.8) is 0 Å². The first-order valence-electron chi connectivity index (χ1n) is 5.66. The zero-order valence-corrected chi connectivity index (χ0v) is 10.00. The summed E-state index contributed by atoms with van der Waals surface area (Å²) in [5.74, 6) is 0.0893. The first kappa shape index (κ1) is 13.4. The largest absolute Gasteiger partial charge is 0.394 e. The van der Waals surface area contributed by atoms with Crippen LogP contribution in [-0.4, -0.2) is 57.0 Å². The van der Waals surface area contributed by atoms with Crippen LogP contribution in [0.25, 0.3) is 0 Å². The number of nitrogens with zero attached hydrogens (tertiary/aromatic N) is 1. The van der Waals surface area contributed by atoms with Gasteiger partial charge < -0.3 is 20.2 Å². The van der Waals surface area contributed by atoms with Crippen molar-refractivity contribution in [2.24, 2.45) is 5.92 Å². The normalized spacial score (nSPS) is 34.8. The summed E-state index contributed by atoms with van der Waals surface area (Å²) in [7, 11) is 0. The average Bonchev–Trinajstić information content (AvgIpc) is 2.41. The summed E-state index contributed by atoms with van der Waals surface area (Å²) in [6.45, 7) is 5.04. The highest BCUT2D eigenvalue weighted by Crippen LogP contribution is 2.29. The Morgan fingerprint density at radius 1 is 1.25 bits per heavy atom. The lowest BCUT2D eigenvalue weighted by Gasteiger charge is -2.29. The molecule has 94 valence electrons. The Morgan fingerprint density at radius 3 is 2.12 bits per heavy atom. The molecule has 0 spiro atoms.